The van der Waals surface area contributed by atoms with Gasteiger partial charge in [0.25, 0.3) is 0 Å². The third kappa shape index (κ3) is 8.83. The van der Waals surface area contributed by atoms with Crippen LogP contribution in [0.15, 0.2) is 60.7 Å². The molecule has 1 aliphatic rings. The maximum absolute atomic E-state index is 13.6. The number of nitrogens with one attached hydrogen (secondary N) is 1. The smallest absolute Gasteiger partial charge is 0.410 e. The molecule has 1 heterocycles. The Balaban J connectivity index is 1.90. The summed E-state index contributed by atoms with van der Waals surface area (Å²) in [6.07, 6.45) is -0.270. The normalized spacial score (nSPS) is 20.3. The van der Waals surface area contributed by atoms with Crippen LogP contribution in [0.1, 0.15) is 65.1 Å². The summed E-state index contributed by atoms with van der Waals surface area (Å²) in [6, 6.07) is 18.6. The Bertz CT molecular complexity index is 1080. The van der Waals surface area contributed by atoms with Crippen molar-refractivity contribution in [1.29, 1.82) is 0 Å². The summed E-state index contributed by atoms with van der Waals surface area (Å²) < 4.78 is 18.0. The van der Waals surface area contributed by atoms with E-state index in [-0.39, 0.29) is 23.6 Å². The van der Waals surface area contributed by atoms with Crippen molar-refractivity contribution in [2.75, 3.05) is 13.2 Å². The van der Waals surface area contributed by atoms with Crippen molar-refractivity contribution < 1.29 is 23.5 Å². The fourth-order valence-electron chi connectivity index (χ4n) is 4.48. The maximum Gasteiger partial charge on any atom is 0.410 e. The predicted octanol–water partition coefficient (Wildman–Crippen LogP) is 7.30. The molecule has 3 rings (SSSR count). The van der Waals surface area contributed by atoms with Crippen LogP contribution in [-0.4, -0.2) is 50.2 Å². The number of nitrogens with zero attached hydrogens (tertiary/aromatic N) is 1. The maximum atomic E-state index is 13.6. The van der Waals surface area contributed by atoms with Crippen LogP contribution in [0.4, 0.5) is 9.59 Å². The molecule has 0 bridgehead atoms. The summed E-state index contributed by atoms with van der Waals surface area (Å²) >= 11 is 0. The van der Waals surface area contributed by atoms with E-state index < -0.39 is 32.1 Å². The monoisotopic (exact) mass is 554 g/mol. The van der Waals surface area contributed by atoms with Crippen LogP contribution >= 0.6 is 0 Å². The molecule has 2 aromatic carbocycles. The minimum absolute atomic E-state index is 0.0169. The lowest BCUT2D eigenvalue weighted by Crippen LogP contribution is -2.56. The highest BCUT2D eigenvalue weighted by molar-refractivity contribution is 6.74. The molecule has 0 radical (unpaired) electrons. The molecule has 2 aromatic rings. The van der Waals surface area contributed by atoms with E-state index >= 15 is 0 Å². The molecule has 1 aliphatic heterocycles. The van der Waals surface area contributed by atoms with Crippen LogP contribution in [0, 0.1) is 5.92 Å². The summed E-state index contributed by atoms with van der Waals surface area (Å²) in [5, 5.41) is 3.15. The Kier molecular flexibility index (Phi) is 9.88. The molecule has 1 saturated heterocycles. The van der Waals surface area contributed by atoms with Gasteiger partial charge in [-0.2, -0.15) is 0 Å². The van der Waals surface area contributed by atoms with Gasteiger partial charge in [-0.3, -0.25) is 4.90 Å². The standard InChI is InChI=1S/C31H46N2O5Si/c1-30(2,3)38-28(34)32-26-19-24(22-37-39(7,8)31(4,5)6)20-33(27(26)25-17-13-10-14-18-25)29(35)36-21-23-15-11-9-12-16-23/h9-18,24,26-27H,19-22H2,1-8H3,(H,32,34)/t24-,26+,27-/m0/s1. The lowest BCUT2D eigenvalue weighted by molar-refractivity contribution is 0.0173. The third-order valence-corrected chi connectivity index (χ3v) is 12.0. The highest BCUT2D eigenvalue weighted by Gasteiger charge is 2.43. The summed E-state index contributed by atoms with van der Waals surface area (Å²) in [4.78, 5) is 28.4. The van der Waals surface area contributed by atoms with Gasteiger partial charge in [-0.15, -0.1) is 0 Å². The molecular weight excluding hydrogens is 508 g/mol. The van der Waals surface area contributed by atoms with Crippen molar-refractivity contribution in [1.82, 2.24) is 10.2 Å². The largest absolute Gasteiger partial charge is 0.445 e. The molecule has 7 nitrogen and oxygen atoms in total. The van der Waals surface area contributed by atoms with Crippen LogP contribution in [0.2, 0.25) is 18.1 Å². The molecule has 1 fully saturated rings. The number of hydrogen-bond acceptors (Lipinski definition) is 5. The number of hydrogen-bond donors (Lipinski definition) is 1. The third-order valence-electron chi connectivity index (χ3n) is 7.53. The molecule has 1 N–H and O–H groups in total. The highest BCUT2D eigenvalue weighted by Crippen LogP contribution is 2.39. The fraction of sp³-hybridized carbons (Fsp3) is 0.548. The second-order valence-electron chi connectivity index (χ2n) is 13.0. The van der Waals surface area contributed by atoms with E-state index in [1.165, 1.54) is 0 Å². The van der Waals surface area contributed by atoms with E-state index in [1.54, 1.807) is 4.90 Å². The Morgan fingerprint density at radius 1 is 0.949 bits per heavy atom. The van der Waals surface area contributed by atoms with Gasteiger partial charge < -0.3 is 19.2 Å². The zero-order chi connectivity index (χ0) is 28.8. The van der Waals surface area contributed by atoms with Gasteiger partial charge in [0.1, 0.15) is 12.2 Å². The summed E-state index contributed by atoms with van der Waals surface area (Å²) in [5.74, 6) is 0.0169. The lowest BCUT2D eigenvalue weighted by Gasteiger charge is -2.45. The highest BCUT2D eigenvalue weighted by atomic mass is 28.4. The first-order chi connectivity index (χ1) is 18.2. The Labute approximate surface area is 235 Å². The van der Waals surface area contributed by atoms with Crippen molar-refractivity contribution >= 4 is 20.5 Å². The number of ether oxygens (including phenoxy) is 2. The van der Waals surface area contributed by atoms with Crippen molar-refractivity contribution in [3.8, 4) is 0 Å². The van der Waals surface area contributed by atoms with E-state index in [1.807, 2.05) is 81.4 Å². The van der Waals surface area contributed by atoms with Gasteiger partial charge in [0.15, 0.2) is 8.32 Å². The molecule has 0 unspecified atom stereocenters. The number of rotatable bonds is 7. The number of piperidine rings is 1. The van der Waals surface area contributed by atoms with Gasteiger partial charge in [0, 0.05) is 19.1 Å². The second-order valence-corrected chi connectivity index (χ2v) is 17.8. The first-order valence-electron chi connectivity index (χ1n) is 13.8. The van der Waals surface area contributed by atoms with Crippen molar-refractivity contribution in [3.05, 3.63) is 71.8 Å². The number of amides is 2. The fourth-order valence-corrected chi connectivity index (χ4v) is 5.57. The van der Waals surface area contributed by atoms with Crippen molar-refractivity contribution in [3.63, 3.8) is 0 Å². The Morgan fingerprint density at radius 3 is 2.10 bits per heavy atom. The van der Waals surface area contributed by atoms with Crippen LogP contribution < -0.4 is 5.32 Å². The molecule has 2 amide bonds. The van der Waals surface area contributed by atoms with Gasteiger partial charge >= 0.3 is 12.2 Å². The molecule has 0 saturated carbocycles. The number of benzene rings is 2. The van der Waals surface area contributed by atoms with Crippen molar-refractivity contribution in [2.24, 2.45) is 5.92 Å². The molecule has 8 heteroatoms. The van der Waals surface area contributed by atoms with Crippen LogP contribution in [0.25, 0.3) is 0 Å². The average Bonchev–Trinajstić information content (AvgIpc) is 2.85. The van der Waals surface area contributed by atoms with E-state index in [2.05, 4.69) is 39.2 Å². The van der Waals surface area contributed by atoms with Crippen LogP contribution in [0.3, 0.4) is 0 Å². The van der Waals surface area contributed by atoms with Crippen LogP contribution in [0.5, 0.6) is 0 Å². The average molecular weight is 555 g/mol. The zero-order valence-corrected chi connectivity index (χ0v) is 25.8. The molecule has 0 aromatic heterocycles. The first-order valence-corrected chi connectivity index (χ1v) is 16.7. The summed E-state index contributed by atoms with van der Waals surface area (Å²) in [7, 11) is -2.01. The number of likely N-dealkylation sites (tertiary alicyclic amines) is 1. The van der Waals surface area contributed by atoms with Crippen molar-refractivity contribution in [2.45, 2.75) is 90.4 Å². The molecule has 214 valence electrons. The van der Waals surface area contributed by atoms with E-state index in [0.717, 1.165) is 11.1 Å². The van der Waals surface area contributed by atoms with E-state index in [0.29, 0.717) is 19.6 Å². The van der Waals surface area contributed by atoms with E-state index in [4.69, 9.17) is 13.9 Å². The van der Waals surface area contributed by atoms with Gasteiger partial charge in [-0.1, -0.05) is 81.4 Å². The number of carbonyl (C=O) groups excluding carboxylic acids is 2. The molecule has 0 spiro atoms. The Hall–Kier alpha value is -2.84. The van der Waals surface area contributed by atoms with E-state index in [9.17, 15) is 9.59 Å². The van der Waals surface area contributed by atoms with Gasteiger partial charge in [-0.25, -0.2) is 9.59 Å². The zero-order valence-electron chi connectivity index (χ0n) is 24.8. The van der Waals surface area contributed by atoms with Crippen LogP contribution in [-0.2, 0) is 20.5 Å². The summed E-state index contributed by atoms with van der Waals surface area (Å²) in [6.45, 7) is 17.8. The quantitative estimate of drug-likeness (QED) is 0.363. The molecule has 3 atom stereocenters. The SMILES string of the molecule is CC(C)(C)OC(=O)N[C@@H]1C[C@H](CO[Si](C)(C)C(C)(C)C)CN(C(=O)OCc2ccccc2)[C@H]1c1ccccc1. The number of alkyl carbamates (subject to hydrolysis) is 1. The van der Waals surface area contributed by atoms with Gasteiger partial charge in [0.05, 0.1) is 12.1 Å². The molecule has 39 heavy (non-hydrogen) atoms. The number of carbonyl (C=O) groups is 2. The minimum Gasteiger partial charge on any atom is -0.445 e. The first kappa shape index (κ1) is 30.7. The lowest BCUT2D eigenvalue weighted by atomic mass is 9.85. The predicted molar refractivity (Wildman–Crippen MR) is 157 cm³/mol. The van der Waals surface area contributed by atoms with Gasteiger partial charge in [-0.05, 0) is 56.5 Å². The molecular formula is C31H46N2O5Si. The topological polar surface area (TPSA) is 77.1 Å². The minimum atomic E-state index is -2.01. The Morgan fingerprint density at radius 2 is 1.54 bits per heavy atom. The van der Waals surface area contributed by atoms with Gasteiger partial charge in [0.2, 0.25) is 0 Å². The molecule has 0 aliphatic carbocycles. The second kappa shape index (κ2) is 12.6. The summed E-state index contributed by atoms with van der Waals surface area (Å²) in [5.41, 5.74) is 1.21.